The maximum Gasteiger partial charge on any atom is 0.142 e. The van der Waals surface area contributed by atoms with Crippen molar-refractivity contribution in [3.8, 4) is 6.07 Å². The molecule has 2 aromatic heterocycles. The van der Waals surface area contributed by atoms with Gasteiger partial charge in [-0.25, -0.2) is 4.98 Å². The molecule has 2 fully saturated rings. The maximum absolute atomic E-state index is 9.15. The first kappa shape index (κ1) is 19.0. The molecule has 154 valence electrons. The number of rotatable bonds is 5. The molecule has 5 rings (SSSR count). The van der Waals surface area contributed by atoms with Gasteiger partial charge in [-0.1, -0.05) is 6.07 Å². The van der Waals surface area contributed by atoms with Gasteiger partial charge in [0.25, 0.3) is 0 Å². The van der Waals surface area contributed by atoms with Crippen LogP contribution in [-0.4, -0.2) is 60.3 Å². The van der Waals surface area contributed by atoms with Gasteiger partial charge in [0, 0.05) is 56.5 Å². The molecule has 6 heteroatoms. The second-order valence-corrected chi connectivity index (χ2v) is 8.28. The maximum atomic E-state index is 9.15. The zero-order valence-corrected chi connectivity index (χ0v) is 17.4. The number of fused-ring (bicyclic) bond motifs is 1. The molecular formula is C24H28N6. The molecule has 6 nitrogen and oxygen atoms in total. The first-order chi connectivity index (χ1) is 14.8. The normalized spacial score (nSPS) is 17.6. The van der Waals surface area contributed by atoms with Crippen molar-refractivity contribution in [1.82, 2.24) is 14.5 Å². The fraction of sp³-hybridized carbons (Fsp3) is 0.417. The average molecular weight is 401 g/mol. The van der Waals surface area contributed by atoms with Crippen molar-refractivity contribution in [3.05, 3.63) is 54.2 Å². The van der Waals surface area contributed by atoms with Gasteiger partial charge in [-0.3, -0.25) is 0 Å². The third-order valence-corrected chi connectivity index (χ3v) is 6.40. The number of nitrogens with zero attached hydrogens (tertiary/aromatic N) is 6. The molecule has 2 aliphatic heterocycles. The predicted molar refractivity (Wildman–Crippen MR) is 121 cm³/mol. The Kier molecular flexibility index (Phi) is 5.29. The molecule has 1 aromatic carbocycles. The van der Waals surface area contributed by atoms with Crippen molar-refractivity contribution >= 4 is 22.5 Å². The molecule has 0 aliphatic carbocycles. The van der Waals surface area contributed by atoms with Gasteiger partial charge in [-0.05, 0) is 62.3 Å². The van der Waals surface area contributed by atoms with Crippen LogP contribution in [-0.2, 0) is 6.54 Å². The zero-order valence-electron chi connectivity index (χ0n) is 17.4. The Labute approximate surface area is 177 Å². The fourth-order valence-electron chi connectivity index (χ4n) is 4.63. The Bertz CT molecular complexity index is 1050. The van der Waals surface area contributed by atoms with Gasteiger partial charge in [0.05, 0.1) is 11.6 Å². The molecular weight excluding hydrogens is 372 g/mol. The Hall–Kier alpha value is -3.04. The van der Waals surface area contributed by atoms with Crippen LogP contribution < -0.4 is 9.80 Å². The summed E-state index contributed by atoms with van der Waals surface area (Å²) >= 11 is 0. The summed E-state index contributed by atoms with van der Waals surface area (Å²) < 4.78 is 2.31. The van der Waals surface area contributed by atoms with Crippen molar-refractivity contribution in [2.45, 2.75) is 19.4 Å². The molecule has 0 amide bonds. The largest absolute Gasteiger partial charge is 0.368 e. The monoisotopic (exact) mass is 400 g/mol. The second kappa shape index (κ2) is 8.37. The van der Waals surface area contributed by atoms with Crippen LogP contribution in [0.3, 0.4) is 0 Å². The van der Waals surface area contributed by atoms with E-state index in [2.05, 4.69) is 55.8 Å². The summed E-state index contributed by atoms with van der Waals surface area (Å²) in [6.07, 6.45) is 4.85. The van der Waals surface area contributed by atoms with Gasteiger partial charge in [0.2, 0.25) is 0 Å². The molecule has 0 N–H and O–H groups in total. The summed E-state index contributed by atoms with van der Waals surface area (Å²) in [6, 6.07) is 16.7. The van der Waals surface area contributed by atoms with Gasteiger partial charge in [0.15, 0.2) is 0 Å². The van der Waals surface area contributed by atoms with Gasteiger partial charge >= 0.3 is 0 Å². The van der Waals surface area contributed by atoms with Gasteiger partial charge < -0.3 is 19.3 Å². The molecule has 0 atom stereocenters. The minimum Gasteiger partial charge on any atom is -0.368 e. The van der Waals surface area contributed by atoms with Crippen molar-refractivity contribution in [2.75, 3.05) is 55.6 Å². The Balaban J connectivity index is 1.27. The van der Waals surface area contributed by atoms with Crippen LogP contribution in [0.15, 0.2) is 48.7 Å². The Morgan fingerprint density at radius 1 is 0.867 bits per heavy atom. The van der Waals surface area contributed by atoms with E-state index in [9.17, 15) is 0 Å². The quantitative estimate of drug-likeness (QED) is 0.658. The summed E-state index contributed by atoms with van der Waals surface area (Å²) in [4.78, 5) is 12.3. The lowest BCUT2D eigenvalue weighted by Crippen LogP contribution is -2.46. The van der Waals surface area contributed by atoms with E-state index < -0.39 is 0 Å². The molecule has 3 aromatic rings. The molecule has 2 saturated heterocycles. The zero-order chi connectivity index (χ0) is 20.3. The van der Waals surface area contributed by atoms with Crippen molar-refractivity contribution in [2.24, 2.45) is 0 Å². The van der Waals surface area contributed by atoms with E-state index >= 15 is 0 Å². The number of pyridine rings is 1. The second-order valence-electron chi connectivity index (χ2n) is 8.28. The van der Waals surface area contributed by atoms with Gasteiger partial charge in [0.1, 0.15) is 11.5 Å². The highest BCUT2D eigenvalue weighted by molar-refractivity contribution is 5.78. The summed E-state index contributed by atoms with van der Waals surface area (Å²) in [6.45, 7) is 8.32. The molecule has 0 spiro atoms. The van der Waals surface area contributed by atoms with Crippen LogP contribution in [0.2, 0.25) is 0 Å². The number of hydrogen-bond donors (Lipinski definition) is 0. The minimum absolute atomic E-state index is 0.719. The van der Waals surface area contributed by atoms with E-state index in [0.717, 1.165) is 62.0 Å². The summed E-state index contributed by atoms with van der Waals surface area (Å²) in [7, 11) is 0. The highest BCUT2D eigenvalue weighted by Gasteiger charge is 2.19. The first-order valence-electron chi connectivity index (χ1n) is 11.0. The number of likely N-dealkylation sites (tertiary alicyclic amines) is 1. The van der Waals surface area contributed by atoms with Crippen LogP contribution in [0.1, 0.15) is 18.4 Å². The molecule has 0 radical (unpaired) electrons. The van der Waals surface area contributed by atoms with Crippen molar-refractivity contribution in [3.63, 3.8) is 0 Å². The van der Waals surface area contributed by atoms with Crippen LogP contribution >= 0.6 is 0 Å². The lowest BCUT2D eigenvalue weighted by Gasteiger charge is -2.36. The standard InChI is InChI=1S/C24H28N6/c25-19-20-4-3-5-22(18-20)28-14-16-29(17-15-28)23-7-6-21-8-11-30(24(21)26-23)13-12-27-9-1-2-10-27/h3-8,11,18H,1-2,9-10,12-17H2. The van der Waals surface area contributed by atoms with Crippen LogP contribution in [0.4, 0.5) is 11.5 Å². The number of nitriles is 1. The lowest BCUT2D eigenvalue weighted by atomic mass is 10.2. The number of aromatic nitrogens is 2. The molecule has 0 bridgehead atoms. The molecule has 4 heterocycles. The topological polar surface area (TPSA) is 51.3 Å². The number of piperazine rings is 1. The molecule has 0 saturated carbocycles. The third kappa shape index (κ3) is 3.86. The van der Waals surface area contributed by atoms with E-state index in [4.69, 9.17) is 10.2 Å². The SMILES string of the molecule is N#Cc1cccc(N2CCN(c3ccc4ccn(CCN5CCCC5)c4n3)CC2)c1. The van der Waals surface area contributed by atoms with E-state index in [1.54, 1.807) is 0 Å². The summed E-state index contributed by atoms with van der Waals surface area (Å²) in [5.41, 5.74) is 2.94. The van der Waals surface area contributed by atoms with Gasteiger partial charge in [-0.2, -0.15) is 5.26 Å². The lowest BCUT2D eigenvalue weighted by molar-refractivity contribution is 0.324. The highest BCUT2D eigenvalue weighted by atomic mass is 15.3. The average Bonchev–Trinajstić information content (AvgIpc) is 3.47. The first-order valence-corrected chi connectivity index (χ1v) is 11.0. The van der Waals surface area contributed by atoms with E-state index in [0.29, 0.717) is 0 Å². The van der Waals surface area contributed by atoms with Gasteiger partial charge in [-0.15, -0.1) is 0 Å². The van der Waals surface area contributed by atoms with Crippen LogP contribution in [0.5, 0.6) is 0 Å². The Morgan fingerprint density at radius 3 is 2.47 bits per heavy atom. The number of anilines is 2. The van der Waals surface area contributed by atoms with E-state index in [1.807, 2.05) is 18.2 Å². The number of hydrogen-bond acceptors (Lipinski definition) is 5. The van der Waals surface area contributed by atoms with Crippen LogP contribution in [0.25, 0.3) is 11.0 Å². The third-order valence-electron chi connectivity index (χ3n) is 6.40. The van der Waals surface area contributed by atoms with E-state index in [-0.39, 0.29) is 0 Å². The fourth-order valence-corrected chi connectivity index (χ4v) is 4.63. The minimum atomic E-state index is 0.719. The Morgan fingerprint density at radius 2 is 1.67 bits per heavy atom. The van der Waals surface area contributed by atoms with E-state index in [1.165, 1.54) is 31.3 Å². The number of benzene rings is 1. The summed E-state index contributed by atoms with van der Waals surface area (Å²) in [5, 5.41) is 10.4. The van der Waals surface area contributed by atoms with Crippen molar-refractivity contribution < 1.29 is 0 Å². The van der Waals surface area contributed by atoms with Crippen LogP contribution in [0, 0.1) is 11.3 Å². The predicted octanol–water partition coefficient (Wildman–Crippen LogP) is 3.33. The van der Waals surface area contributed by atoms with Crippen molar-refractivity contribution in [1.29, 1.82) is 5.26 Å². The smallest absolute Gasteiger partial charge is 0.142 e. The highest BCUT2D eigenvalue weighted by Crippen LogP contribution is 2.23. The molecule has 30 heavy (non-hydrogen) atoms. The summed E-state index contributed by atoms with van der Waals surface area (Å²) in [5.74, 6) is 1.06. The molecule has 2 aliphatic rings. The molecule has 0 unspecified atom stereocenters.